The number of hydrogen-bond acceptors (Lipinski definition) is 4. The molecule has 0 bridgehead atoms. The van der Waals surface area contributed by atoms with Crippen molar-refractivity contribution in [2.24, 2.45) is 0 Å². The van der Waals surface area contributed by atoms with Crippen LogP contribution in [0.1, 0.15) is 5.56 Å². The first-order chi connectivity index (χ1) is 11.6. The lowest BCUT2D eigenvalue weighted by Crippen LogP contribution is -1.99. The second-order valence-corrected chi connectivity index (χ2v) is 6.48. The number of hydrogen-bond donors (Lipinski definition) is 1. The van der Waals surface area contributed by atoms with Gasteiger partial charge in [0.15, 0.2) is 0 Å². The van der Waals surface area contributed by atoms with Gasteiger partial charge < -0.3 is 10.1 Å². The molecule has 0 aliphatic carbocycles. The number of benzene rings is 2. The standard InChI is InChI=1S/C17H12ClFIN3O/c18-14-7-13(23-17-15(20)8-21-10-22-17)4-5-16(14)24-9-11-2-1-3-12(19)6-11/h1-8,10H,9H2,(H,21,22,23). The highest BCUT2D eigenvalue weighted by Crippen LogP contribution is 2.30. The maximum atomic E-state index is 13.2. The predicted octanol–water partition coefficient (Wildman–Crippen LogP) is 5.20. The second kappa shape index (κ2) is 7.76. The van der Waals surface area contributed by atoms with Crippen molar-refractivity contribution in [1.29, 1.82) is 0 Å². The summed E-state index contributed by atoms with van der Waals surface area (Å²) in [6.07, 6.45) is 3.19. The summed E-state index contributed by atoms with van der Waals surface area (Å²) in [5.74, 6) is 0.945. The maximum absolute atomic E-state index is 13.2. The van der Waals surface area contributed by atoms with Gasteiger partial charge in [0.1, 0.15) is 30.3 Å². The van der Waals surface area contributed by atoms with Crippen LogP contribution in [0.5, 0.6) is 5.75 Å². The molecule has 1 aromatic heterocycles. The molecular formula is C17H12ClFIN3O. The number of nitrogens with one attached hydrogen (secondary N) is 1. The fourth-order valence-electron chi connectivity index (χ4n) is 2.02. The van der Waals surface area contributed by atoms with Gasteiger partial charge in [0, 0.05) is 11.9 Å². The molecule has 1 heterocycles. The summed E-state index contributed by atoms with van der Waals surface area (Å²) in [5.41, 5.74) is 1.53. The molecule has 0 unspecified atom stereocenters. The van der Waals surface area contributed by atoms with Crippen LogP contribution in [0, 0.1) is 9.39 Å². The zero-order valence-corrected chi connectivity index (χ0v) is 15.3. The lowest BCUT2D eigenvalue weighted by Gasteiger charge is -2.11. The lowest BCUT2D eigenvalue weighted by molar-refractivity contribution is 0.306. The molecule has 0 saturated carbocycles. The van der Waals surface area contributed by atoms with E-state index in [0.29, 0.717) is 16.6 Å². The van der Waals surface area contributed by atoms with Crippen molar-refractivity contribution in [3.05, 3.63) is 75.0 Å². The fourth-order valence-corrected chi connectivity index (χ4v) is 2.69. The van der Waals surface area contributed by atoms with Crippen LogP contribution in [-0.4, -0.2) is 9.97 Å². The van der Waals surface area contributed by atoms with Crippen molar-refractivity contribution < 1.29 is 9.13 Å². The largest absolute Gasteiger partial charge is 0.487 e. The Morgan fingerprint density at radius 3 is 2.83 bits per heavy atom. The Labute approximate surface area is 157 Å². The molecule has 7 heteroatoms. The Bertz CT molecular complexity index is 863. The van der Waals surface area contributed by atoms with Crippen LogP contribution in [0.4, 0.5) is 15.9 Å². The Hall–Kier alpha value is -1.93. The molecule has 24 heavy (non-hydrogen) atoms. The van der Waals surface area contributed by atoms with Crippen LogP contribution in [0.25, 0.3) is 0 Å². The van der Waals surface area contributed by atoms with E-state index in [-0.39, 0.29) is 12.4 Å². The van der Waals surface area contributed by atoms with E-state index < -0.39 is 0 Å². The Kier molecular flexibility index (Phi) is 5.47. The third kappa shape index (κ3) is 4.33. The van der Waals surface area contributed by atoms with E-state index in [1.54, 1.807) is 30.5 Å². The van der Waals surface area contributed by atoms with Crippen molar-refractivity contribution in [1.82, 2.24) is 9.97 Å². The molecule has 2 aromatic carbocycles. The summed E-state index contributed by atoms with van der Waals surface area (Å²) in [7, 11) is 0. The summed E-state index contributed by atoms with van der Waals surface area (Å²) >= 11 is 8.41. The zero-order valence-electron chi connectivity index (χ0n) is 12.3. The summed E-state index contributed by atoms with van der Waals surface area (Å²) < 4.78 is 19.7. The van der Waals surface area contributed by atoms with Gasteiger partial charge in [-0.2, -0.15) is 0 Å². The lowest BCUT2D eigenvalue weighted by atomic mass is 10.2. The van der Waals surface area contributed by atoms with E-state index in [4.69, 9.17) is 16.3 Å². The minimum atomic E-state index is -0.291. The minimum absolute atomic E-state index is 0.244. The van der Waals surface area contributed by atoms with Crippen molar-refractivity contribution in [2.45, 2.75) is 6.61 Å². The Balaban J connectivity index is 1.69. The zero-order chi connectivity index (χ0) is 16.9. The Morgan fingerprint density at radius 2 is 2.08 bits per heavy atom. The minimum Gasteiger partial charge on any atom is -0.487 e. The number of ether oxygens (including phenoxy) is 1. The monoisotopic (exact) mass is 455 g/mol. The van der Waals surface area contributed by atoms with E-state index in [2.05, 4.69) is 37.9 Å². The molecule has 0 spiro atoms. The average molecular weight is 456 g/mol. The summed E-state index contributed by atoms with van der Waals surface area (Å²) in [6, 6.07) is 11.6. The highest BCUT2D eigenvalue weighted by molar-refractivity contribution is 14.1. The molecular weight excluding hydrogens is 444 g/mol. The van der Waals surface area contributed by atoms with Crippen molar-refractivity contribution in [3.8, 4) is 5.75 Å². The van der Waals surface area contributed by atoms with Crippen molar-refractivity contribution in [3.63, 3.8) is 0 Å². The molecule has 0 atom stereocenters. The van der Waals surface area contributed by atoms with Gasteiger partial charge in [-0.05, 0) is 58.5 Å². The van der Waals surface area contributed by atoms with Gasteiger partial charge in [0.2, 0.25) is 0 Å². The van der Waals surface area contributed by atoms with Crippen molar-refractivity contribution in [2.75, 3.05) is 5.32 Å². The van der Waals surface area contributed by atoms with Crippen LogP contribution in [0.15, 0.2) is 55.0 Å². The van der Waals surface area contributed by atoms with E-state index in [1.165, 1.54) is 18.5 Å². The molecule has 3 aromatic rings. The summed E-state index contributed by atoms with van der Waals surface area (Å²) in [6.45, 7) is 0.244. The molecule has 0 radical (unpaired) electrons. The number of nitrogens with zero attached hydrogens (tertiary/aromatic N) is 2. The second-order valence-electron chi connectivity index (χ2n) is 4.91. The Morgan fingerprint density at radius 1 is 1.21 bits per heavy atom. The topological polar surface area (TPSA) is 47.0 Å². The molecule has 122 valence electrons. The van der Waals surface area contributed by atoms with Gasteiger partial charge in [-0.15, -0.1) is 0 Å². The number of aromatic nitrogens is 2. The first-order valence-electron chi connectivity index (χ1n) is 7.01. The quantitative estimate of drug-likeness (QED) is 0.538. The molecule has 0 fully saturated rings. The van der Waals surface area contributed by atoms with Crippen LogP contribution >= 0.6 is 34.2 Å². The molecule has 4 nitrogen and oxygen atoms in total. The highest BCUT2D eigenvalue weighted by Gasteiger charge is 2.06. The summed E-state index contributed by atoms with van der Waals surface area (Å²) in [4.78, 5) is 8.12. The SMILES string of the molecule is Fc1cccc(COc2ccc(Nc3ncncc3I)cc2Cl)c1. The van der Waals surface area contributed by atoms with Gasteiger partial charge in [-0.1, -0.05) is 23.7 Å². The highest BCUT2D eigenvalue weighted by atomic mass is 127. The van der Waals surface area contributed by atoms with Crippen LogP contribution in [0.2, 0.25) is 5.02 Å². The maximum Gasteiger partial charge on any atom is 0.147 e. The molecule has 1 N–H and O–H groups in total. The average Bonchev–Trinajstić information content (AvgIpc) is 2.56. The van der Waals surface area contributed by atoms with Gasteiger partial charge in [0.05, 0.1) is 8.59 Å². The normalized spacial score (nSPS) is 10.5. The molecule has 3 rings (SSSR count). The first-order valence-corrected chi connectivity index (χ1v) is 8.47. The third-order valence-electron chi connectivity index (χ3n) is 3.15. The number of rotatable bonds is 5. The van der Waals surface area contributed by atoms with Gasteiger partial charge in [-0.3, -0.25) is 0 Å². The van der Waals surface area contributed by atoms with E-state index in [1.807, 2.05) is 6.07 Å². The van der Waals surface area contributed by atoms with Gasteiger partial charge in [0.25, 0.3) is 0 Å². The molecule has 0 saturated heterocycles. The van der Waals surface area contributed by atoms with E-state index in [0.717, 1.165) is 14.8 Å². The van der Waals surface area contributed by atoms with Crippen molar-refractivity contribution >= 4 is 45.7 Å². The molecule has 0 aliphatic heterocycles. The molecule has 0 amide bonds. The number of halogens is 3. The van der Waals surface area contributed by atoms with E-state index in [9.17, 15) is 4.39 Å². The van der Waals surface area contributed by atoms with Crippen LogP contribution < -0.4 is 10.1 Å². The molecule has 0 aliphatic rings. The van der Waals surface area contributed by atoms with E-state index >= 15 is 0 Å². The third-order valence-corrected chi connectivity index (χ3v) is 4.23. The van der Waals surface area contributed by atoms with Gasteiger partial charge >= 0.3 is 0 Å². The summed E-state index contributed by atoms with van der Waals surface area (Å²) in [5, 5.41) is 3.63. The smallest absolute Gasteiger partial charge is 0.147 e. The predicted molar refractivity (Wildman–Crippen MR) is 100 cm³/mol. The fraction of sp³-hybridized carbons (Fsp3) is 0.0588. The van der Waals surface area contributed by atoms with Crippen LogP contribution in [-0.2, 0) is 6.61 Å². The van der Waals surface area contributed by atoms with Gasteiger partial charge in [-0.25, -0.2) is 14.4 Å². The van der Waals surface area contributed by atoms with Crippen LogP contribution in [0.3, 0.4) is 0 Å². The first kappa shape index (κ1) is 16.9. The number of anilines is 2.